The van der Waals surface area contributed by atoms with Gasteiger partial charge in [-0.2, -0.15) is 0 Å². The molecule has 110 heavy (non-hydrogen) atoms. The van der Waals surface area contributed by atoms with Crippen molar-refractivity contribution in [1.82, 2.24) is 19.9 Å². The van der Waals surface area contributed by atoms with E-state index in [4.69, 9.17) is 25.8 Å². The number of benzene rings is 9. The molecule has 0 saturated heterocycles. The van der Waals surface area contributed by atoms with Gasteiger partial charge in [-0.3, -0.25) is 19.2 Å². The number of hydrogen-bond acceptors (Lipinski definition) is 24. The molecule has 4 heterocycles. The van der Waals surface area contributed by atoms with Gasteiger partial charge in [0.15, 0.2) is 20.5 Å². The third-order valence-electron chi connectivity index (χ3n) is 16.0. The molecule has 4 aromatic heterocycles. The Hall–Kier alpha value is -11.8. The smallest absolute Gasteiger partial charge is 0.870 e. The number of carboxylic acid groups (broad SMARTS) is 2. The summed E-state index contributed by atoms with van der Waals surface area (Å²) < 4.78 is 9.33. The number of thiazole rings is 4. The zero-order valence-corrected chi connectivity index (χ0v) is 64.3. The van der Waals surface area contributed by atoms with Crippen LogP contribution in [0.15, 0.2) is 295 Å². The van der Waals surface area contributed by atoms with Crippen LogP contribution < -0.4 is 51.2 Å². The molecule has 13 rings (SSSR count). The number of carbonyl (C=O) groups is 8. The summed E-state index contributed by atoms with van der Waals surface area (Å²) in [6.07, 6.45) is 0. The molecule has 0 unspecified atom stereocenters. The normalized spacial score (nSPS) is 10.4. The number of carbonyl (C=O) groups excluding carboxylic acids is 6. The van der Waals surface area contributed by atoms with Crippen molar-refractivity contribution < 1.29 is 98.2 Å². The quantitative estimate of drug-likeness (QED) is 0.00918. The first kappa shape index (κ1) is 87.1. The SMILES string of the molecule is C.CCOC(=O)C(=O)c1csc(N)n1.CCOC(=O)C(=O)c1csc(NC(c2ccccc2)(c2ccccc2)c2ccccc2)n1.CO.O=C(O)C(=O)c1csc(NC(c2ccccc2)(c2ccccc2)c2ccccc2)n1.O=C(O)C(=O)c1csc(NC(c2ccccc2)(c2ccccc2)c2ccccc2)n1.[Na+].[OH-]. The fraction of sp³-hybridized carbons (Fsp3) is 0.108. The molecule has 0 bridgehead atoms. The molecule has 0 atom stereocenters. The van der Waals surface area contributed by atoms with Gasteiger partial charge in [-0.1, -0.05) is 280 Å². The average Bonchev–Trinajstić information content (AvgIpc) is 0.916. The van der Waals surface area contributed by atoms with Crippen LogP contribution in [0.1, 0.15) is 113 Å². The van der Waals surface area contributed by atoms with Crippen LogP contribution in [0.3, 0.4) is 0 Å². The maximum Gasteiger partial charge on any atom is 1.00 e. The van der Waals surface area contributed by atoms with E-state index in [0.717, 1.165) is 68.5 Å². The largest absolute Gasteiger partial charge is 1.00 e. The van der Waals surface area contributed by atoms with E-state index in [-0.39, 0.29) is 83.6 Å². The van der Waals surface area contributed by atoms with Crippen molar-refractivity contribution in [3.8, 4) is 0 Å². The summed E-state index contributed by atoms with van der Waals surface area (Å²) in [5.74, 6) is -8.39. The molecule has 0 aliphatic carbocycles. The summed E-state index contributed by atoms with van der Waals surface area (Å²) in [7, 11) is 1.00. The molecule has 0 fully saturated rings. The number of rotatable bonds is 25. The van der Waals surface area contributed by atoms with Gasteiger partial charge in [0.05, 0.1) is 13.2 Å². The van der Waals surface area contributed by atoms with Crippen molar-refractivity contribution in [2.75, 3.05) is 42.0 Å². The van der Waals surface area contributed by atoms with Crippen molar-refractivity contribution in [2.24, 2.45) is 0 Å². The topological polar surface area (TPSA) is 359 Å². The molecular formula is C83H75N8NaO14S4. The predicted molar refractivity (Wildman–Crippen MR) is 424 cm³/mol. The minimum atomic E-state index is -1.52. The fourth-order valence-corrected chi connectivity index (χ4v) is 14.1. The van der Waals surface area contributed by atoms with Crippen LogP contribution in [0, 0.1) is 0 Å². The van der Waals surface area contributed by atoms with Gasteiger partial charge >= 0.3 is 53.4 Å². The Balaban J connectivity index is 0.000000233. The van der Waals surface area contributed by atoms with Crippen molar-refractivity contribution in [2.45, 2.75) is 37.9 Å². The van der Waals surface area contributed by atoms with Crippen molar-refractivity contribution in [3.05, 3.63) is 367 Å². The number of carboxylic acids is 2. The van der Waals surface area contributed by atoms with E-state index >= 15 is 0 Å². The van der Waals surface area contributed by atoms with Crippen molar-refractivity contribution in [3.63, 3.8) is 0 Å². The number of hydrogen-bond donors (Lipinski definition) is 7. The van der Waals surface area contributed by atoms with Crippen molar-refractivity contribution in [1.29, 1.82) is 0 Å². The second-order valence-corrected chi connectivity index (χ2v) is 25.9. The Morgan fingerprint density at radius 3 is 0.691 bits per heavy atom. The summed E-state index contributed by atoms with van der Waals surface area (Å²) in [6.45, 7) is 3.59. The average molecular weight is 1560 g/mol. The van der Waals surface area contributed by atoms with E-state index in [1.165, 1.54) is 50.2 Å². The van der Waals surface area contributed by atoms with Crippen molar-refractivity contribution >= 4 is 113 Å². The van der Waals surface area contributed by atoms with Crippen LogP contribution in [-0.2, 0) is 45.3 Å². The van der Waals surface area contributed by atoms with Gasteiger partial charge in [0.2, 0.25) is 0 Å². The van der Waals surface area contributed by atoms with E-state index in [9.17, 15) is 38.4 Å². The Morgan fingerprint density at radius 2 is 0.518 bits per heavy atom. The molecule has 0 amide bonds. The molecule has 556 valence electrons. The molecule has 13 aromatic rings. The number of nitrogens with two attached hydrogens (primary N) is 1. The van der Waals surface area contributed by atoms with Gasteiger partial charge in [0, 0.05) is 28.6 Å². The molecule has 0 saturated carbocycles. The number of aliphatic hydroxyl groups is 1. The number of Topliss-reactive ketones (excluding diaryl/α,β-unsaturated/α-hetero) is 4. The van der Waals surface area contributed by atoms with Crippen LogP contribution >= 0.6 is 45.3 Å². The third kappa shape index (κ3) is 21.1. The molecule has 0 radical (unpaired) electrons. The Bertz CT molecular complexity index is 4590. The van der Waals surface area contributed by atoms with E-state index < -0.39 is 63.6 Å². The van der Waals surface area contributed by atoms with Gasteiger partial charge in [0.25, 0.3) is 23.1 Å². The number of nitrogen functional groups attached to an aromatic ring is 1. The van der Waals surface area contributed by atoms with Gasteiger partial charge in [-0.25, -0.2) is 39.1 Å². The Kier molecular flexibility index (Phi) is 33.8. The molecule has 27 heteroatoms. The predicted octanol–water partition coefficient (Wildman–Crippen LogP) is 12.5. The first-order valence-corrected chi connectivity index (χ1v) is 36.4. The fourth-order valence-electron chi connectivity index (χ4n) is 11.3. The maximum atomic E-state index is 12.4. The number of aliphatic hydroxyl groups excluding tert-OH is 1. The molecular weight excluding hydrogens is 1480 g/mol. The number of anilines is 4. The van der Waals surface area contributed by atoms with E-state index in [1.807, 2.05) is 237 Å². The van der Waals surface area contributed by atoms with Gasteiger partial charge in [-0.15, -0.1) is 45.3 Å². The van der Waals surface area contributed by atoms with E-state index in [0.29, 0.717) is 15.4 Å². The number of ether oxygens (including phenoxy) is 2. The number of ketones is 4. The van der Waals surface area contributed by atoms with Gasteiger partial charge < -0.3 is 52.0 Å². The first-order chi connectivity index (χ1) is 52.0. The summed E-state index contributed by atoms with van der Waals surface area (Å²) >= 11 is 4.78. The number of aliphatic carboxylic acids is 2. The molecule has 0 spiro atoms. The maximum absolute atomic E-state index is 12.4. The standard InChI is InChI=1S/C26H22N2O3S.2C24H18N2O3S.C7H8N2O3S.CH4O.CH4.Na.H2O/c1-2-31-24(30)23(29)22-18-32-25(27-22)28-26(19-12-6-3-7-13-19,20-14-8-4-9-15-20)21-16-10-5-11-17-21;2*27-21(22(28)29)20-16-30-23(25-20)26-24(17-10-4-1-5-11-17,18-12-6-2-7-13-18)19-14-8-3-9-15-19;1-2-12-6(11)5(10)4-3-13-7(8)9-4;1-2;;;/h3-18H,2H2,1H3,(H,27,28);2*1-16H,(H,25,26)(H,28,29);3H,2H2,1H3,(H2,8,9);2H,1H3;1H4;;1H2/q;;;;;;+1;/p-1. The zero-order chi connectivity index (χ0) is 76.2. The van der Waals surface area contributed by atoms with Gasteiger partial charge in [0.1, 0.15) is 39.4 Å². The van der Waals surface area contributed by atoms with Crippen LogP contribution in [0.2, 0.25) is 0 Å². The van der Waals surface area contributed by atoms with E-state index in [1.54, 1.807) is 19.2 Å². The number of nitrogens with zero attached hydrogens (tertiary/aromatic N) is 4. The number of esters is 2. The number of nitrogens with one attached hydrogen (secondary N) is 3. The van der Waals surface area contributed by atoms with E-state index in [2.05, 4.69) is 77.0 Å². The summed E-state index contributed by atoms with van der Waals surface area (Å²) in [5.41, 5.74) is 11.9. The Labute approximate surface area is 673 Å². The second-order valence-electron chi connectivity index (χ2n) is 22.5. The van der Waals surface area contributed by atoms with Crippen LogP contribution in [0.5, 0.6) is 0 Å². The molecule has 9 N–H and O–H groups in total. The molecule has 9 aromatic carbocycles. The minimum Gasteiger partial charge on any atom is -0.870 e. The molecule has 0 aliphatic heterocycles. The summed E-state index contributed by atoms with van der Waals surface area (Å²) in [5, 5.41) is 43.3. The molecule has 22 nitrogen and oxygen atoms in total. The van der Waals surface area contributed by atoms with Crippen LogP contribution in [0.4, 0.5) is 20.5 Å². The molecule has 0 aliphatic rings. The van der Waals surface area contributed by atoms with Crippen LogP contribution in [0.25, 0.3) is 0 Å². The van der Waals surface area contributed by atoms with Gasteiger partial charge in [-0.05, 0) is 63.9 Å². The Morgan fingerprint density at radius 1 is 0.336 bits per heavy atom. The summed E-state index contributed by atoms with van der Waals surface area (Å²) in [6, 6.07) is 90.0. The third-order valence-corrected chi connectivity index (χ3v) is 19.0. The first-order valence-electron chi connectivity index (χ1n) is 32.9. The second kappa shape index (κ2) is 42.7. The number of aromatic nitrogens is 4. The zero-order valence-electron chi connectivity index (χ0n) is 59.1. The monoisotopic (exact) mass is 1560 g/mol. The van der Waals surface area contributed by atoms with Crippen LogP contribution in [-0.4, -0.2) is 108 Å². The summed E-state index contributed by atoms with van der Waals surface area (Å²) in [4.78, 5) is 109. The minimum absolute atomic E-state index is 0.